The number of hydrogen-bond donors (Lipinski definition) is 0. The lowest BCUT2D eigenvalue weighted by Gasteiger charge is -2.55. The van der Waals surface area contributed by atoms with Crippen LogP contribution in [0.3, 0.4) is 0 Å². The van der Waals surface area contributed by atoms with E-state index in [1.165, 1.54) is 178 Å². The zero-order valence-corrected chi connectivity index (χ0v) is 69.3. The number of rotatable bonds is 11. The summed E-state index contributed by atoms with van der Waals surface area (Å²) < 4.78 is 8.28. The van der Waals surface area contributed by atoms with Gasteiger partial charge in [-0.15, -0.1) is 0 Å². The molecule has 2 atom stereocenters. The monoisotopic (exact) mass is 1560 g/mol. The Balaban J connectivity index is 0.811. The molecule has 0 saturated heterocycles. The Morgan fingerprint density at radius 1 is 0.314 bits per heavy atom. The maximum absolute atomic E-state index is 8.28. The van der Waals surface area contributed by atoms with Gasteiger partial charge in [-0.1, -0.05) is 340 Å². The average Bonchev–Trinajstić information content (AvgIpc) is 1.64. The molecule has 1 spiro atoms. The minimum atomic E-state index is -0.855. The van der Waals surface area contributed by atoms with Crippen LogP contribution in [-0.2, 0) is 10.8 Å². The number of para-hydroxylation sites is 7. The Labute approximate surface area is 713 Å². The van der Waals surface area contributed by atoms with Gasteiger partial charge in [0.05, 0.1) is 33.9 Å². The first-order chi connectivity index (χ1) is 59.7. The number of nitrogens with zero attached hydrogens (tertiary/aromatic N) is 5. The van der Waals surface area contributed by atoms with E-state index in [1.54, 1.807) is 0 Å². The highest BCUT2D eigenvalue weighted by molar-refractivity contribution is 7.00. The van der Waals surface area contributed by atoms with E-state index in [2.05, 4.69) is 391 Å². The summed E-state index contributed by atoms with van der Waals surface area (Å²) >= 11 is 0. The van der Waals surface area contributed by atoms with Crippen LogP contribution in [0.5, 0.6) is 11.5 Å². The lowest BCUT2D eigenvalue weighted by molar-refractivity contribution is 0.0839. The highest BCUT2D eigenvalue weighted by Crippen LogP contribution is 2.66. The molecular formula is C113H97B2N5O. The molecule has 2 unspecified atom stereocenters. The molecular weight excluding hydrogens is 1460 g/mol. The quantitative estimate of drug-likeness (QED) is 0.120. The minimum Gasteiger partial charge on any atom is -0.458 e. The van der Waals surface area contributed by atoms with Gasteiger partial charge in [0, 0.05) is 80.5 Å². The van der Waals surface area contributed by atoms with Gasteiger partial charge in [0.1, 0.15) is 11.5 Å². The summed E-state index contributed by atoms with van der Waals surface area (Å²) in [5, 5.41) is 0. The van der Waals surface area contributed by atoms with Crippen molar-refractivity contribution in [3.63, 3.8) is 0 Å². The molecule has 5 aliphatic heterocycles. The van der Waals surface area contributed by atoms with Gasteiger partial charge in [-0.3, -0.25) is 0 Å². The fourth-order valence-corrected chi connectivity index (χ4v) is 24.5. The topological polar surface area (TPSA) is 25.4 Å². The number of hydrogen-bond acceptors (Lipinski definition) is 6. The molecule has 6 nitrogen and oxygen atoms in total. The molecule has 15 aromatic rings. The summed E-state index contributed by atoms with van der Waals surface area (Å²) in [6, 6.07) is 133. The molecule has 3 saturated carbocycles. The Morgan fingerprint density at radius 2 is 0.777 bits per heavy atom. The van der Waals surface area contributed by atoms with Crippen molar-refractivity contribution in [1.29, 1.82) is 0 Å². The van der Waals surface area contributed by atoms with Crippen molar-refractivity contribution in [3.05, 3.63) is 374 Å². The van der Waals surface area contributed by atoms with Gasteiger partial charge in [-0.2, -0.15) is 0 Å². The Hall–Kier alpha value is -12.8. The SMILES string of the molecule is CC(C)(C)c1cc2c3c(c1)N(C1C(C4CCCCC4)CCCC1C1CCCCC1)c1cc4c(cc1B3c1ccccc1N2c1ccccc1)C1(c2ccccc2-c2ccccc21)c1cc2c(cc1N4c1ccccc1)Oc1cc(N(c3ccccc3)c3ccccc3-c3ccccc3)cc3c1B2c1ccccc1N3c1ccccc1-c1ccccc1. The fourth-order valence-electron chi connectivity index (χ4n) is 24.5. The van der Waals surface area contributed by atoms with E-state index in [0.29, 0.717) is 23.7 Å². The van der Waals surface area contributed by atoms with E-state index in [-0.39, 0.29) is 24.9 Å². The third kappa shape index (κ3) is 11.2. The standard InChI is InChI=1S/C113H97B2N5O/c1-112(2,3)78-66-104-109-105(67-78)120(111-85(76-42-15-6-16-43-76)56-37-57-86(111)77-44-17-7-18-45-77)103-72-101-91(70-95(103)114(109)93-60-31-35-64-99(93)117(104)80-48-21-9-22-49-80)113(89-58-29-25-54-87(89)88-55-26-30-59-90(88)113)92-71-96-107(73-102(92)118(101)81-50-23-10-24-51-81)121-108-69-82(116(79-46-19-8-20-47-79)97-62-33-27-52-83(97)74-38-11-4-12-39-74)68-106-110(108)115(96)94-61-32-36-65-100(94)119(106)98-63-34-28-53-84(98)75-40-13-5-14-41-75/h4-5,8-14,19-36,38-41,46-55,58-73,76-77,85-86,111H,6-7,15-18,37,42-45,56-57H2,1-3H3. The number of benzene rings is 15. The van der Waals surface area contributed by atoms with Gasteiger partial charge < -0.3 is 29.2 Å². The van der Waals surface area contributed by atoms with E-state index >= 15 is 0 Å². The molecule has 0 N–H and O–H groups in total. The van der Waals surface area contributed by atoms with E-state index in [4.69, 9.17) is 4.74 Å². The van der Waals surface area contributed by atoms with Crippen molar-refractivity contribution >= 4 is 126 Å². The van der Waals surface area contributed by atoms with Crippen LogP contribution in [-0.4, -0.2) is 19.5 Å². The maximum atomic E-state index is 8.28. The molecule has 0 aromatic heterocycles. The summed E-state index contributed by atoms with van der Waals surface area (Å²) in [5.41, 5.74) is 36.8. The molecule has 24 rings (SSSR count). The van der Waals surface area contributed by atoms with Gasteiger partial charge >= 0.3 is 0 Å². The molecule has 5 heterocycles. The first-order valence-corrected chi connectivity index (χ1v) is 44.9. The molecule has 9 aliphatic rings. The summed E-state index contributed by atoms with van der Waals surface area (Å²) in [6.07, 6.45) is 17.1. The summed E-state index contributed by atoms with van der Waals surface area (Å²) in [7, 11) is 0. The normalized spacial score (nSPS) is 18.2. The summed E-state index contributed by atoms with van der Waals surface area (Å²) in [5.74, 6) is 4.07. The van der Waals surface area contributed by atoms with Crippen LogP contribution in [0.2, 0.25) is 0 Å². The van der Waals surface area contributed by atoms with Gasteiger partial charge in [0.25, 0.3) is 13.4 Å². The third-order valence-corrected chi connectivity index (χ3v) is 29.5. The van der Waals surface area contributed by atoms with Crippen LogP contribution >= 0.6 is 0 Å². The van der Waals surface area contributed by atoms with Crippen molar-refractivity contribution in [2.24, 2.45) is 23.7 Å². The van der Waals surface area contributed by atoms with Crippen LogP contribution in [0, 0.1) is 23.7 Å². The number of ether oxygens (including phenoxy) is 1. The predicted octanol–water partition coefficient (Wildman–Crippen LogP) is 26.0. The first kappa shape index (κ1) is 72.3. The van der Waals surface area contributed by atoms with E-state index in [0.717, 1.165) is 90.2 Å². The molecule has 0 bridgehead atoms. The average molecular weight is 1560 g/mol. The highest BCUT2D eigenvalue weighted by atomic mass is 16.5. The van der Waals surface area contributed by atoms with Crippen molar-refractivity contribution in [1.82, 2.24) is 0 Å². The van der Waals surface area contributed by atoms with Crippen LogP contribution in [0.4, 0.5) is 79.6 Å². The lowest BCUT2D eigenvalue weighted by atomic mass is 9.33. The molecule has 8 heteroatoms. The van der Waals surface area contributed by atoms with Crippen LogP contribution in [0.15, 0.2) is 346 Å². The van der Waals surface area contributed by atoms with Crippen molar-refractivity contribution in [2.45, 2.75) is 121 Å². The van der Waals surface area contributed by atoms with Crippen LogP contribution in [0.25, 0.3) is 33.4 Å². The Bertz CT molecular complexity index is 6500. The maximum Gasteiger partial charge on any atom is 0.256 e. The van der Waals surface area contributed by atoms with Crippen molar-refractivity contribution in [2.75, 3.05) is 24.5 Å². The molecule has 0 amide bonds. The van der Waals surface area contributed by atoms with Crippen LogP contribution < -0.4 is 62.0 Å². The zero-order valence-electron chi connectivity index (χ0n) is 69.3. The smallest absolute Gasteiger partial charge is 0.256 e. The number of fused-ring (bicyclic) bond motifs is 17. The largest absolute Gasteiger partial charge is 0.458 e. The molecule has 3 fully saturated rings. The summed E-state index contributed by atoms with van der Waals surface area (Å²) in [4.78, 5) is 13.6. The Morgan fingerprint density at radius 3 is 1.38 bits per heavy atom. The second-order valence-electron chi connectivity index (χ2n) is 36.8. The van der Waals surface area contributed by atoms with Crippen LogP contribution in [0.1, 0.15) is 132 Å². The van der Waals surface area contributed by atoms with Gasteiger partial charge in [-0.25, -0.2) is 0 Å². The van der Waals surface area contributed by atoms with Gasteiger partial charge in [0.15, 0.2) is 0 Å². The second kappa shape index (κ2) is 28.7. The second-order valence-corrected chi connectivity index (χ2v) is 36.8. The van der Waals surface area contributed by atoms with Gasteiger partial charge in [0.2, 0.25) is 0 Å². The van der Waals surface area contributed by atoms with E-state index < -0.39 is 5.41 Å². The van der Waals surface area contributed by atoms with Crippen molar-refractivity contribution in [3.8, 4) is 44.9 Å². The zero-order chi connectivity index (χ0) is 80.2. The van der Waals surface area contributed by atoms with E-state index in [9.17, 15) is 0 Å². The predicted molar refractivity (Wildman–Crippen MR) is 508 cm³/mol. The highest BCUT2D eigenvalue weighted by Gasteiger charge is 2.57. The third-order valence-electron chi connectivity index (χ3n) is 29.5. The molecule has 586 valence electrons. The van der Waals surface area contributed by atoms with E-state index in [1.807, 2.05) is 0 Å². The number of anilines is 14. The molecule has 121 heavy (non-hydrogen) atoms. The van der Waals surface area contributed by atoms with Crippen molar-refractivity contribution < 1.29 is 4.74 Å². The molecule has 4 aliphatic carbocycles. The molecule has 15 aromatic carbocycles. The fraction of sp³-hybridized carbons (Fsp3) is 0.204. The first-order valence-electron chi connectivity index (χ1n) is 44.9. The lowest BCUT2D eigenvalue weighted by Crippen LogP contribution is -2.65. The Kier molecular flexibility index (Phi) is 17.2. The van der Waals surface area contributed by atoms with Gasteiger partial charge in [-0.05, 0) is 210 Å². The summed E-state index contributed by atoms with van der Waals surface area (Å²) in [6.45, 7) is 6.99. The minimum absolute atomic E-state index is 0.109. The molecule has 0 radical (unpaired) electrons.